The van der Waals surface area contributed by atoms with Crippen molar-refractivity contribution in [2.24, 2.45) is 0 Å². The van der Waals surface area contributed by atoms with Crippen LogP contribution in [-0.4, -0.2) is 45.6 Å². The Balaban J connectivity index is 2.49. The van der Waals surface area contributed by atoms with Crippen LogP contribution in [0.15, 0.2) is 30.3 Å². The van der Waals surface area contributed by atoms with E-state index in [0.29, 0.717) is 11.3 Å². The van der Waals surface area contributed by atoms with Gasteiger partial charge in [0, 0.05) is 5.56 Å². The first kappa shape index (κ1) is 16.0. The quantitative estimate of drug-likeness (QED) is 0.620. The van der Waals surface area contributed by atoms with Crippen LogP contribution in [0, 0.1) is 0 Å². The van der Waals surface area contributed by atoms with Gasteiger partial charge >= 0.3 is 11.9 Å². The summed E-state index contributed by atoms with van der Waals surface area (Å²) >= 11 is 1.12. The molecule has 1 rings (SSSR count). The third kappa shape index (κ3) is 5.75. The van der Waals surface area contributed by atoms with Crippen molar-refractivity contribution >= 4 is 29.6 Å². The van der Waals surface area contributed by atoms with Gasteiger partial charge in [-0.1, -0.05) is 18.2 Å². The molecule has 0 aliphatic carbocycles. The van der Waals surface area contributed by atoms with E-state index >= 15 is 0 Å². The number of aliphatic carboxylic acids is 2. The molecule has 0 bridgehead atoms. The molecule has 20 heavy (non-hydrogen) atoms. The highest BCUT2D eigenvalue weighted by Gasteiger charge is 2.20. The standard InChI is InChI=1S/C13H15NO5S/c15-11(16)8-20-7-6-10(13(18)19)14-12(17)9-4-2-1-3-5-9/h1-5,10H,6-8H2,(H,14,17)(H,15,16)(H,18,19). The Labute approximate surface area is 120 Å². The maximum atomic E-state index is 11.8. The topological polar surface area (TPSA) is 104 Å². The zero-order valence-corrected chi connectivity index (χ0v) is 11.4. The van der Waals surface area contributed by atoms with Gasteiger partial charge in [0.25, 0.3) is 5.91 Å². The van der Waals surface area contributed by atoms with Crippen LogP contribution in [0.2, 0.25) is 0 Å². The fourth-order valence-electron chi connectivity index (χ4n) is 1.45. The zero-order valence-electron chi connectivity index (χ0n) is 10.6. The van der Waals surface area contributed by atoms with Crippen molar-refractivity contribution in [3.05, 3.63) is 35.9 Å². The van der Waals surface area contributed by atoms with E-state index in [2.05, 4.69) is 5.32 Å². The number of thioether (sulfide) groups is 1. The highest BCUT2D eigenvalue weighted by atomic mass is 32.2. The van der Waals surface area contributed by atoms with E-state index in [0.717, 1.165) is 11.8 Å². The minimum Gasteiger partial charge on any atom is -0.481 e. The normalized spacial score (nSPS) is 11.6. The van der Waals surface area contributed by atoms with Crippen molar-refractivity contribution in [3.8, 4) is 0 Å². The number of carboxylic acids is 2. The van der Waals surface area contributed by atoms with Gasteiger partial charge < -0.3 is 15.5 Å². The Morgan fingerprint density at radius 3 is 2.35 bits per heavy atom. The lowest BCUT2D eigenvalue weighted by atomic mass is 10.1. The van der Waals surface area contributed by atoms with E-state index in [-0.39, 0.29) is 12.2 Å². The first-order valence-corrected chi connectivity index (χ1v) is 7.04. The maximum Gasteiger partial charge on any atom is 0.326 e. The van der Waals surface area contributed by atoms with E-state index in [1.54, 1.807) is 30.3 Å². The average molecular weight is 297 g/mol. The highest BCUT2D eigenvalue weighted by Crippen LogP contribution is 2.06. The molecule has 0 aliphatic heterocycles. The summed E-state index contributed by atoms with van der Waals surface area (Å²) in [5.74, 6) is -2.28. The summed E-state index contributed by atoms with van der Waals surface area (Å²) in [5, 5.41) is 19.9. The van der Waals surface area contributed by atoms with Crippen LogP contribution in [0.1, 0.15) is 16.8 Å². The molecule has 0 spiro atoms. The number of nitrogens with one attached hydrogen (secondary N) is 1. The van der Waals surface area contributed by atoms with Gasteiger partial charge in [-0.15, -0.1) is 0 Å². The predicted octanol–water partition coefficient (Wildman–Crippen LogP) is 1.08. The molecule has 1 amide bonds. The molecular formula is C13H15NO5S. The number of carboxylic acid groups (broad SMARTS) is 2. The first-order valence-electron chi connectivity index (χ1n) is 5.89. The zero-order chi connectivity index (χ0) is 15.0. The van der Waals surface area contributed by atoms with Crippen LogP contribution in [0.4, 0.5) is 0 Å². The van der Waals surface area contributed by atoms with E-state index in [1.807, 2.05) is 0 Å². The van der Waals surface area contributed by atoms with Crippen molar-refractivity contribution < 1.29 is 24.6 Å². The third-order valence-corrected chi connectivity index (χ3v) is 3.39. The van der Waals surface area contributed by atoms with Crippen molar-refractivity contribution in [1.29, 1.82) is 0 Å². The fraction of sp³-hybridized carbons (Fsp3) is 0.308. The van der Waals surface area contributed by atoms with E-state index < -0.39 is 23.9 Å². The Morgan fingerprint density at radius 2 is 1.80 bits per heavy atom. The Kier molecular flexibility index (Phi) is 6.58. The van der Waals surface area contributed by atoms with Gasteiger partial charge in [0.15, 0.2) is 0 Å². The molecule has 0 aliphatic rings. The molecule has 1 unspecified atom stereocenters. The molecule has 0 radical (unpaired) electrons. The summed E-state index contributed by atoms with van der Waals surface area (Å²) in [7, 11) is 0. The van der Waals surface area contributed by atoms with Crippen LogP contribution < -0.4 is 5.32 Å². The second-order valence-electron chi connectivity index (χ2n) is 3.97. The lowest BCUT2D eigenvalue weighted by molar-refractivity contribution is -0.139. The van der Waals surface area contributed by atoms with Gasteiger partial charge in [-0.3, -0.25) is 9.59 Å². The van der Waals surface area contributed by atoms with Crippen LogP contribution in [0.5, 0.6) is 0 Å². The monoisotopic (exact) mass is 297 g/mol. The predicted molar refractivity (Wildman–Crippen MR) is 74.9 cm³/mol. The molecule has 3 N–H and O–H groups in total. The molecule has 0 aromatic heterocycles. The number of carbonyl (C=O) groups is 3. The van der Waals surface area contributed by atoms with Crippen LogP contribution in [0.3, 0.4) is 0 Å². The van der Waals surface area contributed by atoms with Crippen LogP contribution in [0.25, 0.3) is 0 Å². The molecule has 0 heterocycles. The van der Waals surface area contributed by atoms with E-state index in [4.69, 9.17) is 10.2 Å². The number of benzene rings is 1. The van der Waals surface area contributed by atoms with Gasteiger partial charge in [0.1, 0.15) is 6.04 Å². The minimum atomic E-state index is -1.13. The second-order valence-corrected chi connectivity index (χ2v) is 5.07. The van der Waals surface area contributed by atoms with Gasteiger partial charge in [-0.2, -0.15) is 11.8 Å². The van der Waals surface area contributed by atoms with Crippen molar-refractivity contribution in [1.82, 2.24) is 5.32 Å². The summed E-state index contributed by atoms with van der Waals surface area (Å²) in [6, 6.07) is 7.29. The minimum absolute atomic E-state index is 0.0844. The lowest BCUT2D eigenvalue weighted by Crippen LogP contribution is -2.41. The largest absolute Gasteiger partial charge is 0.481 e. The Bertz CT molecular complexity index is 477. The second kappa shape index (κ2) is 8.21. The number of hydrogen-bond donors (Lipinski definition) is 3. The molecule has 108 valence electrons. The molecule has 6 nitrogen and oxygen atoms in total. The number of carbonyl (C=O) groups excluding carboxylic acids is 1. The van der Waals surface area contributed by atoms with Gasteiger partial charge in [0.05, 0.1) is 5.75 Å². The average Bonchev–Trinajstić information content (AvgIpc) is 2.42. The van der Waals surface area contributed by atoms with Gasteiger partial charge in [-0.05, 0) is 24.3 Å². The first-order chi connectivity index (χ1) is 9.50. The molecular weight excluding hydrogens is 282 g/mol. The van der Waals surface area contributed by atoms with Gasteiger partial charge in [-0.25, -0.2) is 4.79 Å². The fourth-order valence-corrected chi connectivity index (χ4v) is 2.17. The third-order valence-electron chi connectivity index (χ3n) is 2.42. The molecule has 0 saturated carbocycles. The highest BCUT2D eigenvalue weighted by molar-refractivity contribution is 7.99. The molecule has 7 heteroatoms. The smallest absolute Gasteiger partial charge is 0.326 e. The summed E-state index contributed by atoms with van der Waals surface area (Å²) in [6.45, 7) is 0. The van der Waals surface area contributed by atoms with Crippen LogP contribution in [-0.2, 0) is 9.59 Å². The van der Waals surface area contributed by atoms with E-state index in [9.17, 15) is 14.4 Å². The SMILES string of the molecule is O=C(O)CSCCC(NC(=O)c1ccccc1)C(=O)O. The molecule has 0 fully saturated rings. The maximum absolute atomic E-state index is 11.8. The van der Waals surface area contributed by atoms with Crippen molar-refractivity contribution in [3.63, 3.8) is 0 Å². The number of hydrogen-bond acceptors (Lipinski definition) is 4. The summed E-state index contributed by atoms with van der Waals surface area (Å²) in [4.78, 5) is 33.2. The molecule has 1 aromatic carbocycles. The Morgan fingerprint density at radius 1 is 1.15 bits per heavy atom. The van der Waals surface area contributed by atoms with Gasteiger partial charge in [0.2, 0.25) is 0 Å². The van der Waals surface area contributed by atoms with E-state index in [1.165, 1.54) is 0 Å². The molecule has 1 atom stereocenters. The van der Waals surface area contributed by atoms with Crippen molar-refractivity contribution in [2.45, 2.75) is 12.5 Å². The molecule has 1 aromatic rings. The number of rotatable bonds is 8. The summed E-state index contributed by atoms with van der Waals surface area (Å²) in [6.07, 6.45) is 0.172. The van der Waals surface area contributed by atoms with Crippen LogP contribution >= 0.6 is 11.8 Å². The number of amides is 1. The van der Waals surface area contributed by atoms with Crippen molar-refractivity contribution in [2.75, 3.05) is 11.5 Å². The summed E-state index contributed by atoms with van der Waals surface area (Å²) in [5.41, 5.74) is 0.386. The lowest BCUT2D eigenvalue weighted by Gasteiger charge is -2.14. The Hall–Kier alpha value is -2.02. The molecule has 0 saturated heterocycles. The summed E-state index contributed by atoms with van der Waals surface area (Å²) < 4.78 is 0.